The molecule has 0 amide bonds. The number of alkyl halides is 2. The van der Waals surface area contributed by atoms with Crippen molar-refractivity contribution in [2.24, 2.45) is 0 Å². The van der Waals surface area contributed by atoms with Crippen LogP contribution in [-0.4, -0.2) is 22.6 Å². The molecule has 1 aliphatic heterocycles. The number of hydrogen-bond acceptors (Lipinski definition) is 4. The van der Waals surface area contributed by atoms with Gasteiger partial charge in [0.05, 0.1) is 12.0 Å². The topological polar surface area (TPSA) is 61.4 Å². The van der Waals surface area contributed by atoms with E-state index in [9.17, 15) is 9.90 Å². The number of carboxylic acid groups (broad SMARTS) is 1. The van der Waals surface area contributed by atoms with E-state index in [4.69, 9.17) is 27.9 Å². The van der Waals surface area contributed by atoms with Crippen LogP contribution in [0.4, 0.5) is 0 Å². The van der Waals surface area contributed by atoms with Crippen LogP contribution in [0.3, 0.4) is 0 Å². The molecule has 0 aromatic heterocycles. The van der Waals surface area contributed by atoms with Gasteiger partial charge in [-0.3, -0.25) is 5.32 Å². The molecule has 3 atom stereocenters. The Morgan fingerprint density at radius 2 is 2.06 bits per heavy atom. The molecule has 0 spiro atoms. The Labute approximate surface area is 115 Å². The molecular weight excluding hydrogens is 277 g/mol. The monoisotopic (exact) mass is 288 g/mol. The normalized spacial score (nSPS) is 31.8. The summed E-state index contributed by atoms with van der Waals surface area (Å²) in [5.41, 5.74) is -0.335. The average Bonchev–Trinajstić information content (AvgIpc) is 2.70. The van der Waals surface area contributed by atoms with E-state index in [2.05, 4.69) is 5.32 Å². The molecule has 6 heteroatoms. The van der Waals surface area contributed by atoms with E-state index >= 15 is 0 Å². The minimum absolute atomic E-state index is 0.541. The van der Waals surface area contributed by atoms with Crippen LogP contribution in [-0.2, 0) is 9.53 Å². The highest BCUT2D eigenvalue weighted by molar-refractivity contribution is 6.45. The van der Waals surface area contributed by atoms with Gasteiger partial charge in [-0.25, -0.2) is 0 Å². The number of carbonyl (C=O) groups excluding carboxylic acids is 1. The number of nitrogens with one attached hydrogen (secondary N) is 1. The summed E-state index contributed by atoms with van der Waals surface area (Å²) in [5, 5.41) is 14.1. The quantitative estimate of drug-likeness (QED) is 0.843. The van der Waals surface area contributed by atoms with E-state index in [1.165, 1.54) is 0 Å². The third-order valence-electron chi connectivity index (χ3n) is 2.92. The third kappa shape index (κ3) is 2.47. The van der Waals surface area contributed by atoms with Gasteiger partial charge in [-0.15, -0.1) is 23.2 Å². The molecular formula is C12H12Cl2NO3-. The Kier molecular flexibility index (Phi) is 3.82. The molecule has 1 unspecified atom stereocenters. The number of halogens is 2. The maximum Gasteiger partial charge on any atom is 0.149 e. The van der Waals surface area contributed by atoms with Gasteiger partial charge in [0.1, 0.15) is 16.7 Å². The second-order valence-corrected chi connectivity index (χ2v) is 5.39. The molecule has 1 heterocycles. The lowest BCUT2D eigenvalue weighted by atomic mass is 10.0. The molecule has 1 aromatic carbocycles. The van der Waals surface area contributed by atoms with Gasteiger partial charge in [0.2, 0.25) is 0 Å². The molecule has 1 saturated heterocycles. The van der Waals surface area contributed by atoms with Crippen molar-refractivity contribution in [2.45, 2.75) is 29.6 Å². The summed E-state index contributed by atoms with van der Waals surface area (Å²) < 4.78 is 5.40. The van der Waals surface area contributed by atoms with Crippen LogP contribution >= 0.6 is 23.2 Å². The molecule has 98 valence electrons. The minimum Gasteiger partial charge on any atom is -0.547 e. The molecule has 0 radical (unpaired) electrons. The molecule has 1 N–H and O–H groups in total. The fourth-order valence-corrected chi connectivity index (χ4v) is 2.20. The average molecular weight is 289 g/mol. The summed E-state index contributed by atoms with van der Waals surface area (Å²) in [4.78, 5) is 10.2. The zero-order valence-electron chi connectivity index (χ0n) is 9.60. The van der Waals surface area contributed by atoms with E-state index < -0.39 is 28.7 Å². The van der Waals surface area contributed by atoms with Crippen LogP contribution in [0.5, 0.6) is 0 Å². The van der Waals surface area contributed by atoms with Crippen molar-refractivity contribution < 1.29 is 14.6 Å². The molecule has 2 rings (SSSR count). The molecule has 1 aromatic rings. The summed E-state index contributed by atoms with van der Waals surface area (Å²) in [6.45, 7) is 1.61. The molecule has 1 aliphatic rings. The first-order valence-electron chi connectivity index (χ1n) is 5.43. The lowest BCUT2D eigenvalue weighted by molar-refractivity contribution is -0.317. The maximum atomic E-state index is 11.1. The lowest BCUT2D eigenvalue weighted by Gasteiger charge is -2.25. The van der Waals surface area contributed by atoms with Crippen molar-refractivity contribution >= 4 is 29.2 Å². The van der Waals surface area contributed by atoms with Crippen LogP contribution in [0, 0.1) is 0 Å². The van der Waals surface area contributed by atoms with Crippen LogP contribution in [0.1, 0.15) is 18.5 Å². The predicted molar refractivity (Wildman–Crippen MR) is 66.1 cm³/mol. The molecule has 18 heavy (non-hydrogen) atoms. The van der Waals surface area contributed by atoms with Crippen molar-refractivity contribution in [2.75, 3.05) is 0 Å². The van der Waals surface area contributed by atoms with Crippen LogP contribution in [0.2, 0.25) is 0 Å². The van der Waals surface area contributed by atoms with E-state index in [-0.39, 0.29) is 0 Å². The standard InChI is InChI=1S/C12H13Cl2NO3/c1-12(11(13)14)15-8(9(18-12)10(16)17)7-5-3-2-4-6-7/h2-6,8-9,11,15H,1H3,(H,16,17)/p-1/t8-,9+,12?/m0/s1. The molecule has 0 aliphatic carbocycles. The second kappa shape index (κ2) is 5.05. The zero-order valence-corrected chi connectivity index (χ0v) is 11.1. The Morgan fingerprint density at radius 1 is 1.44 bits per heavy atom. The largest absolute Gasteiger partial charge is 0.547 e. The highest BCUT2D eigenvalue weighted by atomic mass is 35.5. The summed E-state index contributed by atoms with van der Waals surface area (Å²) in [7, 11) is 0. The van der Waals surface area contributed by atoms with Crippen LogP contribution < -0.4 is 10.4 Å². The number of ether oxygens (including phenoxy) is 1. The lowest BCUT2D eigenvalue weighted by Crippen LogP contribution is -2.44. The fourth-order valence-electron chi connectivity index (χ4n) is 1.97. The van der Waals surface area contributed by atoms with Crippen molar-refractivity contribution in [3.05, 3.63) is 35.9 Å². The van der Waals surface area contributed by atoms with Crippen molar-refractivity contribution in [3.8, 4) is 0 Å². The Balaban J connectivity index is 2.31. The van der Waals surface area contributed by atoms with Gasteiger partial charge in [0.25, 0.3) is 0 Å². The fraction of sp³-hybridized carbons (Fsp3) is 0.417. The predicted octanol–water partition coefficient (Wildman–Crippen LogP) is 0.986. The molecule has 0 bridgehead atoms. The second-order valence-electron chi connectivity index (χ2n) is 4.30. The SMILES string of the molecule is CC1(C(Cl)Cl)N[C@@H](c2ccccc2)[C@H](C(=O)[O-])O1. The van der Waals surface area contributed by atoms with Gasteiger partial charge in [0.15, 0.2) is 0 Å². The number of carbonyl (C=O) groups is 1. The molecule has 0 saturated carbocycles. The number of benzene rings is 1. The van der Waals surface area contributed by atoms with E-state index in [0.29, 0.717) is 0 Å². The smallest absolute Gasteiger partial charge is 0.149 e. The first-order chi connectivity index (χ1) is 8.44. The van der Waals surface area contributed by atoms with E-state index in [1.54, 1.807) is 19.1 Å². The Bertz CT molecular complexity index is 440. The summed E-state index contributed by atoms with van der Waals surface area (Å²) >= 11 is 11.6. The van der Waals surface area contributed by atoms with Crippen molar-refractivity contribution in [1.82, 2.24) is 5.32 Å². The summed E-state index contributed by atoms with van der Waals surface area (Å²) in [5.74, 6) is -1.30. The minimum atomic E-state index is -1.30. The van der Waals surface area contributed by atoms with Gasteiger partial charge in [0, 0.05) is 0 Å². The summed E-state index contributed by atoms with van der Waals surface area (Å²) in [6.07, 6.45) is -1.13. The highest BCUT2D eigenvalue weighted by Crippen LogP contribution is 2.36. The number of hydrogen-bond donors (Lipinski definition) is 1. The zero-order chi connectivity index (χ0) is 13.3. The van der Waals surface area contributed by atoms with Crippen molar-refractivity contribution in [1.29, 1.82) is 0 Å². The van der Waals surface area contributed by atoms with E-state index in [1.807, 2.05) is 18.2 Å². The van der Waals surface area contributed by atoms with Gasteiger partial charge in [-0.2, -0.15) is 0 Å². The highest BCUT2D eigenvalue weighted by Gasteiger charge is 2.47. The summed E-state index contributed by atoms with van der Waals surface area (Å²) in [6, 6.07) is 8.55. The third-order valence-corrected chi connectivity index (χ3v) is 3.76. The van der Waals surface area contributed by atoms with Gasteiger partial charge >= 0.3 is 0 Å². The van der Waals surface area contributed by atoms with Crippen LogP contribution in [0.15, 0.2) is 30.3 Å². The Hall–Kier alpha value is -0.810. The first kappa shape index (κ1) is 13.6. The van der Waals surface area contributed by atoms with Gasteiger partial charge < -0.3 is 14.6 Å². The number of aliphatic carboxylic acids is 1. The first-order valence-corrected chi connectivity index (χ1v) is 6.31. The molecule has 4 nitrogen and oxygen atoms in total. The van der Waals surface area contributed by atoms with Gasteiger partial charge in [-0.1, -0.05) is 30.3 Å². The Morgan fingerprint density at radius 3 is 2.56 bits per heavy atom. The molecule has 1 fully saturated rings. The van der Waals surface area contributed by atoms with Crippen LogP contribution in [0.25, 0.3) is 0 Å². The van der Waals surface area contributed by atoms with Crippen molar-refractivity contribution in [3.63, 3.8) is 0 Å². The number of carboxylic acids is 1. The number of rotatable bonds is 3. The maximum absolute atomic E-state index is 11.1. The van der Waals surface area contributed by atoms with Gasteiger partial charge in [-0.05, 0) is 12.5 Å². The van der Waals surface area contributed by atoms with E-state index in [0.717, 1.165) is 5.56 Å².